The van der Waals surface area contributed by atoms with E-state index in [2.05, 4.69) is 28.1 Å². The molecular formula is C14H23N3O. The maximum Gasteiger partial charge on any atom is 0.133 e. The first kappa shape index (κ1) is 12.2. The van der Waals surface area contributed by atoms with E-state index in [1.54, 1.807) is 0 Å². The quantitative estimate of drug-likeness (QED) is 0.801. The second kappa shape index (κ2) is 4.67. The van der Waals surface area contributed by atoms with E-state index in [0.29, 0.717) is 5.41 Å². The van der Waals surface area contributed by atoms with Gasteiger partial charge in [0.15, 0.2) is 0 Å². The largest absolute Gasteiger partial charge is 0.361 e. The minimum Gasteiger partial charge on any atom is -0.361 e. The van der Waals surface area contributed by atoms with Gasteiger partial charge in [-0.3, -0.25) is 4.90 Å². The number of likely N-dealkylation sites (tertiary alicyclic amines) is 2. The van der Waals surface area contributed by atoms with Crippen LogP contribution < -0.4 is 0 Å². The van der Waals surface area contributed by atoms with Crippen molar-refractivity contribution in [2.75, 3.05) is 33.2 Å². The summed E-state index contributed by atoms with van der Waals surface area (Å²) in [7, 11) is 2.24. The van der Waals surface area contributed by atoms with Crippen molar-refractivity contribution in [2.24, 2.45) is 5.41 Å². The zero-order chi connectivity index (χ0) is 12.6. The second-order valence-corrected chi connectivity index (χ2v) is 6.23. The summed E-state index contributed by atoms with van der Waals surface area (Å²) in [5.74, 6) is 0.914. The first-order valence-corrected chi connectivity index (χ1v) is 6.98. The average Bonchev–Trinajstić information content (AvgIpc) is 2.87. The van der Waals surface area contributed by atoms with E-state index in [1.807, 2.05) is 6.92 Å². The van der Waals surface area contributed by atoms with Crippen molar-refractivity contribution in [3.63, 3.8) is 0 Å². The molecule has 4 heteroatoms. The molecule has 0 aliphatic carbocycles. The number of hydrogen-bond acceptors (Lipinski definition) is 4. The van der Waals surface area contributed by atoms with Crippen molar-refractivity contribution in [1.82, 2.24) is 15.0 Å². The molecule has 0 aromatic carbocycles. The van der Waals surface area contributed by atoms with Gasteiger partial charge in [-0.05, 0) is 51.7 Å². The van der Waals surface area contributed by atoms with Gasteiger partial charge in [0.1, 0.15) is 5.76 Å². The van der Waals surface area contributed by atoms with Crippen LogP contribution in [0.1, 0.15) is 30.7 Å². The van der Waals surface area contributed by atoms with E-state index in [4.69, 9.17) is 4.52 Å². The molecule has 1 spiro atoms. The molecule has 1 aromatic rings. The average molecular weight is 249 g/mol. The van der Waals surface area contributed by atoms with Crippen LogP contribution in [0.3, 0.4) is 0 Å². The van der Waals surface area contributed by atoms with E-state index >= 15 is 0 Å². The Bertz CT molecular complexity index is 413. The van der Waals surface area contributed by atoms with E-state index in [9.17, 15) is 0 Å². The summed E-state index contributed by atoms with van der Waals surface area (Å²) in [4.78, 5) is 5.03. The fraction of sp³-hybridized carbons (Fsp3) is 0.786. The van der Waals surface area contributed by atoms with E-state index in [1.165, 1.54) is 45.4 Å². The molecule has 1 aromatic heterocycles. The summed E-state index contributed by atoms with van der Waals surface area (Å²) in [6.07, 6.45) is 4.08. The number of aryl methyl sites for hydroxylation is 1. The first-order valence-electron chi connectivity index (χ1n) is 6.98. The van der Waals surface area contributed by atoms with Crippen molar-refractivity contribution in [3.05, 3.63) is 17.5 Å². The topological polar surface area (TPSA) is 32.5 Å². The van der Waals surface area contributed by atoms with Gasteiger partial charge < -0.3 is 9.42 Å². The molecule has 0 N–H and O–H groups in total. The minimum absolute atomic E-state index is 0.547. The molecule has 0 saturated carbocycles. The Hall–Kier alpha value is -0.870. The van der Waals surface area contributed by atoms with Crippen molar-refractivity contribution >= 4 is 0 Å². The van der Waals surface area contributed by atoms with Crippen LogP contribution in [0.15, 0.2) is 10.6 Å². The molecule has 4 nitrogen and oxygen atoms in total. The van der Waals surface area contributed by atoms with Crippen LogP contribution in [0.4, 0.5) is 0 Å². The highest BCUT2D eigenvalue weighted by molar-refractivity contribution is 5.04. The Morgan fingerprint density at radius 3 is 2.89 bits per heavy atom. The number of rotatable bonds is 2. The number of hydrogen-bond donors (Lipinski definition) is 0. The lowest BCUT2D eigenvalue weighted by atomic mass is 9.79. The lowest BCUT2D eigenvalue weighted by Gasteiger charge is -2.40. The van der Waals surface area contributed by atoms with Crippen LogP contribution in [-0.4, -0.2) is 48.2 Å². The van der Waals surface area contributed by atoms with Crippen molar-refractivity contribution in [1.29, 1.82) is 0 Å². The van der Waals surface area contributed by atoms with E-state index in [-0.39, 0.29) is 0 Å². The van der Waals surface area contributed by atoms with Gasteiger partial charge in [0.05, 0.1) is 5.69 Å². The van der Waals surface area contributed by atoms with Crippen LogP contribution in [0.5, 0.6) is 0 Å². The van der Waals surface area contributed by atoms with E-state index in [0.717, 1.165) is 18.0 Å². The highest BCUT2D eigenvalue weighted by Crippen LogP contribution is 2.38. The zero-order valence-corrected chi connectivity index (χ0v) is 11.5. The highest BCUT2D eigenvalue weighted by Gasteiger charge is 2.40. The first-order chi connectivity index (χ1) is 8.65. The maximum atomic E-state index is 5.16. The van der Waals surface area contributed by atoms with Gasteiger partial charge in [-0.1, -0.05) is 5.16 Å². The molecule has 0 radical (unpaired) electrons. The van der Waals surface area contributed by atoms with Gasteiger partial charge in [0.2, 0.25) is 0 Å². The fourth-order valence-electron chi connectivity index (χ4n) is 3.66. The Morgan fingerprint density at radius 1 is 1.33 bits per heavy atom. The van der Waals surface area contributed by atoms with Crippen molar-refractivity contribution in [2.45, 2.75) is 32.7 Å². The summed E-state index contributed by atoms with van der Waals surface area (Å²) in [5.41, 5.74) is 1.63. The fourth-order valence-corrected chi connectivity index (χ4v) is 3.66. The van der Waals surface area contributed by atoms with Crippen LogP contribution in [0.2, 0.25) is 0 Å². The van der Waals surface area contributed by atoms with Gasteiger partial charge in [-0.25, -0.2) is 0 Å². The van der Waals surface area contributed by atoms with Crippen molar-refractivity contribution < 1.29 is 4.52 Å². The monoisotopic (exact) mass is 249 g/mol. The standard InChI is InChI=1S/C14H23N3O/c1-12-8-13(15-18-12)9-17-6-3-4-14(11-17)5-7-16(2)10-14/h8H,3-7,9-11H2,1-2H3. The predicted molar refractivity (Wildman–Crippen MR) is 70.3 cm³/mol. The summed E-state index contributed by atoms with van der Waals surface area (Å²) in [6.45, 7) is 7.86. The smallest absolute Gasteiger partial charge is 0.133 e. The number of nitrogens with zero attached hydrogens (tertiary/aromatic N) is 3. The summed E-state index contributed by atoms with van der Waals surface area (Å²) >= 11 is 0. The molecule has 3 rings (SSSR count). The molecular weight excluding hydrogens is 226 g/mol. The summed E-state index contributed by atoms with van der Waals surface area (Å²) in [6, 6.07) is 2.06. The maximum absolute atomic E-state index is 5.16. The molecule has 2 fully saturated rings. The molecule has 1 atom stereocenters. The Kier molecular flexibility index (Phi) is 3.16. The third-order valence-corrected chi connectivity index (χ3v) is 4.43. The van der Waals surface area contributed by atoms with Gasteiger partial charge in [-0.15, -0.1) is 0 Å². The van der Waals surface area contributed by atoms with Crippen LogP contribution in [0.25, 0.3) is 0 Å². The highest BCUT2D eigenvalue weighted by atomic mass is 16.5. The number of aromatic nitrogens is 1. The second-order valence-electron chi connectivity index (χ2n) is 6.23. The molecule has 1 unspecified atom stereocenters. The third-order valence-electron chi connectivity index (χ3n) is 4.43. The van der Waals surface area contributed by atoms with Crippen LogP contribution >= 0.6 is 0 Å². The molecule has 3 heterocycles. The molecule has 0 bridgehead atoms. The Morgan fingerprint density at radius 2 is 2.22 bits per heavy atom. The Labute approximate surface area is 109 Å². The normalized spacial score (nSPS) is 30.3. The molecule has 18 heavy (non-hydrogen) atoms. The van der Waals surface area contributed by atoms with Gasteiger partial charge >= 0.3 is 0 Å². The predicted octanol–water partition coefficient (Wildman–Crippen LogP) is 1.90. The molecule has 100 valence electrons. The number of piperidine rings is 1. The van der Waals surface area contributed by atoms with Gasteiger partial charge in [0.25, 0.3) is 0 Å². The SMILES string of the molecule is Cc1cc(CN2CCCC3(CCN(C)C3)C2)no1. The van der Waals surface area contributed by atoms with Crippen LogP contribution in [0, 0.1) is 12.3 Å². The van der Waals surface area contributed by atoms with Gasteiger partial charge in [-0.2, -0.15) is 0 Å². The van der Waals surface area contributed by atoms with Crippen molar-refractivity contribution in [3.8, 4) is 0 Å². The summed E-state index contributed by atoms with van der Waals surface area (Å²) in [5, 5.41) is 4.11. The lowest BCUT2D eigenvalue weighted by molar-refractivity contribution is 0.0881. The zero-order valence-electron chi connectivity index (χ0n) is 11.5. The Balaban J connectivity index is 1.64. The van der Waals surface area contributed by atoms with Crippen LogP contribution in [-0.2, 0) is 6.54 Å². The minimum atomic E-state index is 0.547. The third kappa shape index (κ3) is 2.45. The van der Waals surface area contributed by atoms with E-state index < -0.39 is 0 Å². The van der Waals surface area contributed by atoms with Gasteiger partial charge in [0, 0.05) is 25.7 Å². The molecule has 2 aliphatic rings. The lowest BCUT2D eigenvalue weighted by Crippen LogP contribution is -2.44. The molecule has 2 aliphatic heterocycles. The molecule has 2 saturated heterocycles. The summed E-state index contributed by atoms with van der Waals surface area (Å²) < 4.78 is 5.16. The molecule has 0 amide bonds.